The quantitative estimate of drug-likeness (QED) is 0.156. The molecular formula is C30H22F3N3O4S. The molecule has 41 heavy (non-hydrogen) atoms. The van der Waals surface area contributed by atoms with E-state index in [4.69, 9.17) is 21.7 Å². The van der Waals surface area contributed by atoms with Gasteiger partial charge in [-0.25, -0.2) is 0 Å². The van der Waals surface area contributed by atoms with E-state index in [9.17, 15) is 22.8 Å². The molecule has 3 aromatic carbocycles. The monoisotopic (exact) mass is 577 g/mol. The Kier molecular flexibility index (Phi) is 7.38. The van der Waals surface area contributed by atoms with E-state index in [2.05, 4.69) is 5.32 Å². The Bertz CT molecular complexity index is 1680. The van der Waals surface area contributed by atoms with Crippen molar-refractivity contribution in [3.63, 3.8) is 0 Å². The van der Waals surface area contributed by atoms with Gasteiger partial charge in [0.15, 0.2) is 5.11 Å². The van der Waals surface area contributed by atoms with Crippen molar-refractivity contribution in [2.75, 3.05) is 4.90 Å². The van der Waals surface area contributed by atoms with Crippen LogP contribution >= 0.6 is 12.2 Å². The molecule has 1 fully saturated rings. The zero-order valence-electron chi connectivity index (χ0n) is 21.7. The lowest BCUT2D eigenvalue weighted by molar-refractivity contribution is -0.137. The maximum absolute atomic E-state index is 13.6. The average Bonchev–Trinajstić information content (AvgIpc) is 3.19. The summed E-state index contributed by atoms with van der Waals surface area (Å²) in [5.41, 5.74) is 0.280. The summed E-state index contributed by atoms with van der Waals surface area (Å²) in [5, 5.41) is 2.43. The number of alkyl halides is 3. The number of hydrogen-bond donors (Lipinski definition) is 1. The number of rotatable bonds is 6. The summed E-state index contributed by atoms with van der Waals surface area (Å²) in [6.07, 6.45) is -1.53. The standard InChI is InChI=1S/C30H22F3N3O4S/c1-18-17-35(2)28(40-23-10-6-7-19(15-23)30(31,32)33)24(18)16-25-26(37)34-29(41)36(27(25)38)20-11-13-22(14-12-20)39-21-8-4-3-5-9-21/h3-17H,1-2H3,(H,34,37,41)/b25-16+. The van der Waals surface area contributed by atoms with Crippen molar-refractivity contribution < 1.29 is 32.2 Å². The van der Waals surface area contributed by atoms with Crippen LogP contribution in [-0.2, 0) is 22.8 Å². The summed E-state index contributed by atoms with van der Waals surface area (Å²) in [6, 6.07) is 20.2. The van der Waals surface area contributed by atoms with Gasteiger partial charge < -0.3 is 14.0 Å². The van der Waals surface area contributed by atoms with Crippen molar-refractivity contribution in [2.45, 2.75) is 13.1 Å². The van der Waals surface area contributed by atoms with Gasteiger partial charge in [0.2, 0.25) is 5.88 Å². The van der Waals surface area contributed by atoms with Crippen molar-refractivity contribution in [1.82, 2.24) is 9.88 Å². The summed E-state index contributed by atoms with van der Waals surface area (Å²) < 4.78 is 52.8. The molecule has 5 rings (SSSR count). The van der Waals surface area contributed by atoms with E-state index < -0.39 is 23.6 Å². The van der Waals surface area contributed by atoms with Gasteiger partial charge in [-0.15, -0.1) is 0 Å². The normalized spacial score (nSPS) is 14.8. The summed E-state index contributed by atoms with van der Waals surface area (Å²) in [5.74, 6) is -0.120. The van der Waals surface area contributed by atoms with Gasteiger partial charge in [0.05, 0.1) is 11.3 Å². The Hall–Kier alpha value is -4.90. The number of halogens is 3. The molecule has 0 atom stereocenters. The molecule has 0 saturated carbocycles. The lowest BCUT2D eigenvalue weighted by Crippen LogP contribution is -2.54. The molecule has 1 aromatic heterocycles. The van der Waals surface area contributed by atoms with Crippen LogP contribution in [0, 0.1) is 6.92 Å². The molecule has 0 bridgehead atoms. The lowest BCUT2D eigenvalue weighted by Gasteiger charge is -2.29. The minimum Gasteiger partial charge on any atom is -0.457 e. The molecule has 0 spiro atoms. The van der Waals surface area contributed by atoms with Gasteiger partial charge in [-0.05, 0) is 85.4 Å². The molecule has 1 aliphatic heterocycles. The van der Waals surface area contributed by atoms with E-state index in [1.165, 1.54) is 23.1 Å². The Morgan fingerprint density at radius 3 is 2.22 bits per heavy atom. The highest BCUT2D eigenvalue weighted by Gasteiger charge is 2.35. The molecule has 0 aliphatic carbocycles. The average molecular weight is 578 g/mol. The summed E-state index contributed by atoms with van der Waals surface area (Å²) in [6.45, 7) is 1.73. The second kappa shape index (κ2) is 10.9. The van der Waals surface area contributed by atoms with Crippen LogP contribution in [0.5, 0.6) is 23.1 Å². The number of thiocarbonyl (C=S) groups is 1. The molecule has 4 aromatic rings. The number of carbonyl (C=O) groups excluding carboxylic acids is 2. The number of anilines is 1. The Morgan fingerprint density at radius 1 is 0.878 bits per heavy atom. The van der Waals surface area contributed by atoms with E-state index in [1.54, 1.807) is 61.1 Å². The number of aryl methyl sites for hydroxylation is 2. The summed E-state index contributed by atoms with van der Waals surface area (Å²) in [7, 11) is 1.64. The number of hydrogen-bond acceptors (Lipinski definition) is 5. The smallest absolute Gasteiger partial charge is 0.416 e. The highest BCUT2D eigenvalue weighted by Crippen LogP contribution is 2.36. The first-order valence-corrected chi connectivity index (χ1v) is 12.7. The molecule has 11 heteroatoms. The van der Waals surface area contributed by atoms with Crippen molar-refractivity contribution >= 4 is 40.9 Å². The number of ether oxygens (including phenoxy) is 2. The van der Waals surface area contributed by atoms with Crippen LogP contribution in [0.1, 0.15) is 16.7 Å². The van der Waals surface area contributed by atoms with Crippen LogP contribution in [0.2, 0.25) is 0 Å². The van der Waals surface area contributed by atoms with Crippen LogP contribution < -0.4 is 19.7 Å². The second-order valence-electron chi connectivity index (χ2n) is 9.14. The van der Waals surface area contributed by atoms with E-state index in [-0.39, 0.29) is 22.3 Å². The maximum atomic E-state index is 13.6. The minimum atomic E-state index is -4.55. The maximum Gasteiger partial charge on any atom is 0.416 e. The van der Waals surface area contributed by atoms with Crippen molar-refractivity contribution in [3.05, 3.63) is 107 Å². The predicted octanol–water partition coefficient (Wildman–Crippen LogP) is 6.77. The number of amides is 2. The summed E-state index contributed by atoms with van der Waals surface area (Å²) >= 11 is 5.30. The first kappa shape index (κ1) is 27.7. The van der Waals surface area contributed by atoms with E-state index in [0.29, 0.717) is 28.3 Å². The third-order valence-corrected chi connectivity index (χ3v) is 6.49. The van der Waals surface area contributed by atoms with Gasteiger partial charge in [0.1, 0.15) is 22.8 Å². The van der Waals surface area contributed by atoms with Gasteiger partial charge in [0.25, 0.3) is 11.8 Å². The number of benzene rings is 3. The van der Waals surface area contributed by atoms with Crippen LogP contribution in [0.25, 0.3) is 6.08 Å². The van der Waals surface area contributed by atoms with E-state index >= 15 is 0 Å². The molecule has 1 aliphatic rings. The van der Waals surface area contributed by atoms with Gasteiger partial charge in [0, 0.05) is 18.8 Å². The van der Waals surface area contributed by atoms with Gasteiger partial charge in [-0.3, -0.25) is 19.8 Å². The first-order valence-electron chi connectivity index (χ1n) is 12.3. The Morgan fingerprint density at radius 2 is 1.54 bits per heavy atom. The molecule has 7 nitrogen and oxygen atoms in total. The van der Waals surface area contributed by atoms with Crippen molar-refractivity contribution in [2.24, 2.45) is 7.05 Å². The highest BCUT2D eigenvalue weighted by atomic mass is 32.1. The van der Waals surface area contributed by atoms with E-state index in [0.717, 1.165) is 12.1 Å². The second-order valence-corrected chi connectivity index (χ2v) is 9.52. The van der Waals surface area contributed by atoms with E-state index in [1.807, 2.05) is 18.2 Å². The first-order chi connectivity index (χ1) is 19.5. The Balaban J connectivity index is 1.45. The van der Waals surface area contributed by atoms with Crippen LogP contribution in [0.3, 0.4) is 0 Å². The molecule has 0 radical (unpaired) electrons. The molecular weight excluding hydrogens is 555 g/mol. The van der Waals surface area contributed by atoms with Crippen LogP contribution in [-0.4, -0.2) is 21.5 Å². The fourth-order valence-corrected chi connectivity index (χ4v) is 4.53. The topological polar surface area (TPSA) is 72.8 Å². The number of para-hydroxylation sites is 1. The number of carbonyl (C=O) groups is 2. The van der Waals surface area contributed by atoms with Gasteiger partial charge in [-0.2, -0.15) is 13.2 Å². The van der Waals surface area contributed by atoms with Crippen molar-refractivity contribution in [3.8, 4) is 23.1 Å². The molecule has 1 saturated heterocycles. The molecule has 2 heterocycles. The number of nitrogens with one attached hydrogen (secondary N) is 1. The minimum absolute atomic E-state index is 0.0549. The SMILES string of the molecule is Cc1cn(C)c(Oc2cccc(C(F)(F)F)c2)c1/C=C1\C(=O)NC(=S)N(c2ccc(Oc3ccccc3)cc2)C1=O. The Labute approximate surface area is 238 Å². The fraction of sp³-hybridized carbons (Fsp3) is 0.100. The largest absolute Gasteiger partial charge is 0.457 e. The third-order valence-electron chi connectivity index (χ3n) is 6.20. The lowest BCUT2D eigenvalue weighted by atomic mass is 10.1. The molecule has 2 amide bonds. The number of nitrogens with zero attached hydrogens (tertiary/aromatic N) is 2. The summed E-state index contributed by atoms with van der Waals surface area (Å²) in [4.78, 5) is 27.6. The zero-order chi connectivity index (χ0) is 29.3. The van der Waals surface area contributed by atoms with Crippen molar-refractivity contribution in [1.29, 1.82) is 0 Å². The molecule has 208 valence electrons. The van der Waals surface area contributed by atoms with Gasteiger partial charge in [-0.1, -0.05) is 24.3 Å². The highest BCUT2D eigenvalue weighted by molar-refractivity contribution is 7.80. The van der Waals surface area contributed by atoms with Crippen LogP contribution in [0.4, 0.5) is 18.9 Å². The third kappa shape index (κ3) is 5.85. The molecule has 0 unspecified atom stereocenters. The number of aromatic nitrogens is 1. The van der Waals surface area contributed by atoms with Gasteiger partial charge >= 0.3 is 6.18 Å². The fourth-order valence-electron chi connectivity index (χ4n) is 4.25. The van der Waals surface area contributed by atoms with Crippen LogP contribution in [0.15, 0.2) is 90.6 Å². The molecule has 1 N–H and O–H groups in total. The predicted molar refractivity (Wildman–Crippen MR) is 151 cm³/mol. The zero-order valence-corrected chi connectivity index (χ0v) is 22.5.